The van der Waals surface area contributed by atoms with Gasteiger partial charge in [-0.1, -0.05) is 30.0 Å². The van der Waals surface area contributed by atoms with E-state index in [4.69, 9.17) is 9.47 Å². The number of methoxy groups -OCH3 is 1. The zero-order valence-electron chi connectivity index (χ0n) is 12.9. The number of hydrogen-bond donors (Lipinski definition) is 0. The van der Waals surface area contributed by atoms with E-state index < -0.39 is 5.97 Å². The van der Waals surface area contributed by atoms with Crippen molar-refractivity contribution in [1.29, 1.82) is 0 Å². The zero-order valence-corrected chi connectivity index (χ0v) is 12.9. The Kier molecular flexibility index (Phi) is 5.21. The quantitative estimate of drug-likeness (QED) is 0.494. The number of aryl methyl sites for hydroxylation is 2. The van der Waals surface area contributed by atoms with E-state index in [0.717, 1.165) is 5.56 Å². The lowest BCUT2D eigenvalue weighted by Crippen LogP contribution is -2.08. The molecule has 22 heavy (non-hydrogen) atoms. The first kappa shape index (κ1) is 15.6. The number of nitrogens with zero attached hydrogens (tertiary/aromatic N) is 2. The number of carbonyl (C=O) groups excluding carboxylic acids is 1. The summed E-state index contributed by atoms with van der Waals surface area (Å²) in [6, 6.07) is 9.67. The van der Waals surface area contributed by atoms with Gasteiger partial charge in [-0.15, -0.1) is 0 Å². The highest BCUT2D eigenvalue weighted by Gasteiger charge is 2.22. The lowest BCUT2D eigenvalue weighted by atomic mass is 10.2. The third-order valence-electron chi connectivity index (χ3n) is 3.03. The third kappa shape index (κ3) is 3.67. The van der Waals surface area contributed by atoms with Crippen molar-refractivity contribution in [3.8, 4) is 17.7 Å². The normalized spacial score (nSPS) is 9.77. The van der Waals surface area contributed by atoms with Crippen LogP contribution in [-0.2, 0) is 11.8 Å². The van der Waals surface area contributed by atoms with Crippen LogP contribution < -0.4 is 4.74 Å². The van der Waals surface area contributed by atoms with Crippen LogP contribution >= 0.6 is 0 Å². The van der Waals surface area contributed by atoms with Crippen molar-refractivity contribution >= 4 is 5.97 Å². The Morgan fingerprint density at radius 3 is 2.73 bits per heavy atom. The highest BCUT2D eigenvalue weighted by molar-refractivity contribution is 5.93. The van der Waals surface area contributed by atoms with E-state index in [2.05, 4.69) is 16.9 Å². The summed E-state index contributed by atoms with van der Waals surface area (Å²) in [5.74, 6) is 5.95. The molecule has 1 aromatic heterocycles. The van der Waals surface area contributed by atoms with Gasteiger partial charge < -0.3 is 9.47 Å². The van der Waals surface area contributed by atoms with Gasteiger partial charge in [0, 0.05) is 19.0 Å². The number of aromatic nitrogens is 2. The molecule has 0 bridgehead atoms. The largest absolute Gasteiger partial charge is 0.481 e. The van der Waals surface area contributed by atoms with Crippen molar-refractivity contribution in [2.45, 2.75) is 13.3 Å². The molecule has 0 fully saturated rings. The molecule has 0 aliphatic rings. The van der Waals surface area contributed by atoms with Gasteiger partial charge in [0.05, 0.1) is 12.8 Å². The van der Waals surface area contributed by atoms with Crippen LogP contribution in [-0.4, -0.2) is 29.5 Å². The van der Waals surface area contributed by atoms with Crippen molar-refractivity contribution < 1.29 is 14.3 Å². The molecule has 0 saturated carbocycles. The second-order valence-electron chi connectivity index (χ2n) is 4.65. The van der Waals surface area contributed by atoms with Crippen LogP contribution in [0.1, 0.15) is 28.0 Å². The Morgan fingerprint density at radius 1 is 1.32 bits per heavy atom. The fourth-order valence-electron chi connectivity index (χ4n) is 2.06. The molecule has 0 aliphatic carbocycles. The minimum Gasteiger partial charge on any atom is -0.481 e. The molecule has 0 spiro atoms. The maximum Gasteiger partial charge on any atom is 0.345 e. The molecule has 2 aromatic rings. The molecule has 0 aliphatic heterocycles. The molecule has 0 radical (unpaired) electrons. The molecule has 0 atom stereocenters. The molecule has 2 rings (SSSR count). The molecule has 0 saturated heterocycles. The van der Waals surface area contributed by atoms with Gasteiger partial charge in [0.2, 0.25) is 5.88 Å². The van der Waals surface area contributed by atoms with E-state index >= 15 is 0 Å². The van der Waals surface area contributed by atoms with Gasteiger partial charge in [-0.2, -0.15) is 5.10 Å². The molecule has 0 amide bonds. The zero-order chi connectivity index (χ0) is 15.9. The average molecular weight is 298 g/mol. The predicted molar refractivity (Wildman–Crippen MR) is 82.7 cm³/mol. The van der Waals surface area contributed by atoms with Gasteiger partial charge >= 0.3 is 5.97 Å². The summed E-state index contributed by atoms with van der Waals surface area (Å²) in [6.07, 6.45) is 0.474. The van der Waals surface area contributed by atoms with Crippen LogP contribution in [0.2, 0.25) is 0 Å². The molecule has 5 nitrogen and oxygen atoms in total. The van der Waals surface area contributed by atoms with Gasteiger partial charge in [0.25, 0.3) is 0 Å². The number of hydrogen-bond acceptors (Lipinski definition) is 4. The standard InChI is InChI=1S/C17H18N2O3/c1-13-15(16(21-3)19(2)18-13)17(20)22-12-8-7-11-14-9-5-4-6-10-14/h4-6,9-10H,8,12H2,1-3H3. The SMILES string of the molecule is COc1c(C(=O)OCCC#Cc2ccccc2)c(C)nn1C. The van der Waals surface area contributed by atoms with Crippen LogP contribution in [0.4, 0.5) is 0 Å². The molecular formula is C17H18N2O3. The Balaban J connectivity index is 1.90. The van der Waals surface area contributed by atoms with Gasteiger partial charge in [-0.3, -0.25) is 0 Å². The van der Waals surface area contributed by atoms with Crippen LogP contribution in [0.5, 0.6) is 5.88 Å². The molecule has 0 N–H and O–H groups in total. The maximum atomic E-state index is 12.1. The van der Waals surface area contributed by atoms with Crippen molar-refractivity contribution in [3.63, 3.8) is 0 Å². The molecular weight excluding hydrogens is 280 g/mol. The van der Waals surface area contributed by atoms with Crippen molar-refractivity contribution in [2.75, 3.05) is 13.7 Å². The summed E-state index contributed by atoms with van der Waals surface area (Å²) in [4.78, 5) is 12.1. The smallest absolute Gasteiger partial charge is 0.345 e. The van der Waals surface area contributed by atoms with Gasteiger partial charge in [-0.25, -0.2) is 9.48 Å². The number of rotatable bonds is 4. The third-order valence-corrected chi connectivity index (χ3v) is 3.03. The maximum absolute atomic E-state index is 12.1. The average Bonchev–Trinajstić information content (AvgIpc) is 2.81. The minimum absolute atomic E-state index is 0.232. The van der Waals surface area contributed by atoms with Crippen molar-refractivity contribution in [2.24, 2.45) is 7.05 Å². The Labute approximate surface area is 129 Å². The summed E-state index contributed by atoms with van der Waals surface area (Å²) in [7, 11) is 3.21. The highest BCUT2D eigenvalue weighted by atomic mass is 16.5. The van der Waals surface area contributed by atoms with E-state index in [0.29, 0.717) is 23.6 Å². The Bertz CT molecular complexity index is 709. The lowest BCUT2D eigenvalue weighted by molar-refractivity contribution is 0.0509. The van der Waals surface area contributed by atoms with Crippen LogP contribution in [0.3, 0.4) is 0 Å². The van der Waals surface area contributed by atoms with E-state index in [9.17, 15) is 4.79 Å². The highest BCUT2D eigenvalue weighted by Crippen LogP contribution is 2.21. The summed E-state index contributed by atoms with van der Waals surface area (Å²) in [5.41, 5.74) is 1.89. The van der Waals surface area contributed by atoms with Crippen molar-refractivity contribution in [3.05, 3.63) is 47.2 Å². The molecule has 0 unspecified atom stereocenters. The van der Waals surface area contributed by atoms with Gasteiger partial charge in [0.1, 0.15) is 12.2 Å². The van der Waals surface area contributed by atoms with Gasteiger partial charge in [-0.05, 0) is 19.1 Å². The second-order valence-corrected chi connectivity index (χ2v) is 4.65. The second kappa shape index (κ2) is 7.32. The predicted octanol–water partition coefficient (Wildman–Crippen LogP) is 2.34. The number of carbonyl (C=O) groups is 1. The summed E-state index contributed by atoms with van der Waals surface area (Å²) in [5, 5.41) is 4.15. The number of benzene rings is 1. The fraction of sp³-hybridized carbons (Fsp3) is 0.294. The number of ether oxygens (including phenoxy) is 2. The summed E-state index contributed by atoms with van der Waals surface area (Å²) >= 11 is 0. The minimum atomic E-state index is -0.441. The van der Waals surface area contributed by atoms with E-state index in [1.54, 1.807) is 14.0 Å². The van der Waals surface area contributed by atoms with E-state index in [1.807, 2.05) is 30.3 Å². The molecule has 5 heteroatoms. The summed E-state index contributed by atoms with van der Waals surface area (Å²) in [6.45, 7) is 1.98. The van der Waals surface area contributed by atoms with Crippen LogP contribution in [0.25, 0.3) is 0 Å². The Hall–Kier alpha value is -2.74. The lowest BCUT2D eigenvalue weighted by Gasteiger charge is -2.04. The van der Waals surface area contributed by atoms with Gasteiger partial charge in [0.15, 0.2) is 0 Å². The summed E-state index contributed by atoms with van der Waals surface area (Å²) < 4.78 is 11.9. The van der Waals surface area contributed by atoms with E-state index in [1.165, 1.54) is 11.8 Å². The van der Waals surface area contributed by atoms with Crippen molar-refractivity contribution in [1.82, 2.24) is 9.78 Å². The molecule has 1 heterocycles. The first-order valence-corrected chi connectivity index (χ1v) is 6.92. The van der Waals surface area contributed by atoms with E-state index in [-0.39, 0.29) is 6.61 Å². The monoisotopic (exact) mass is 298 g/mol. The molecule has 114 valence electrons. The van der Waals surface area contributed by atoms with Crippen LogP contribution in [0, 0.1) is 18.8 Å². The first-order valence-electron chi connectivity index (χ1n) is 6.92. The van der Waals surface area contributed by atoms with Crippen LogP contribution in [0.15, 0.2) is 30.3 Å². The fourth-order valence-corrected chi connectivity index (χ4v) is 2.06. The Morgan fingerprint density at radius 2 is 2.05 bits per heavy atom. The topological polar surface area (TPSA) is 53.4 Å². The molecule has 1 aromatic carbocycles. The first-order chi connectivity index (χ1) is 10.6. The number of esters is 1.